The smallest absolute Gasteiger partial charge is 0.244 e. The number of rotatable bonds is 8. The molecule has 0 saturated heterocycles. The first-order valence-corrected chi connectivity index (χ1v) is 10.3. The lowest BCUT2D eigenvalue weighted by molar-refractivity contribution is -0.120. The van der Waals surface area contributed by atoms with Crippen LogP contribution >= 0.6 is 27.5 Å². The zero-order valence-corrected chi connectivity index (χ0v) is 18.6. The van der Waals surface area contributed by atoms with Gasteiger partial charge in [-0.15, -0.1) is 0 Å². The Labute approximate surface area is 188 Å². The zero-order valence-electron chi connectivity index (χ0n) is 16.3. The van der Waals surface area contributed by atoms with Crippen molar-refractivity contribution in [3.05, 3.63) is 92.9 Å². The fourth-order valence-corrected chi connectivity index (χ4v) is 3.33. The number of carbonyl (C=O) groups is 1. The van der Waals surface area contributed by atoms with E-state index in [-0.39, 0.29) is 12.3 Å². The van der Waals surface area contributed by atoms with Gasteiger partial charge < -0.3 is 9.47 Å². The Morgan fingerprint density at radius 1 is 1.13 bits per heavy atom. The van der Waals surface area contributed by atoms with Crippen molar-refractivity contribution in [1.29, 1.82) is 0 Å². The maximum Gasteiger partial charge on any atom is 0.244 e. The molecule has 0 aromatic heterocycles. The van der Waals surface area contributed by atoms with E-state index >= 15 is 0 Å². The molecular formula is C23H20BrClN2O3. The van der Waals surface area contributed by atoms with Crippen LogP contribution in [-0.2, 0) is 17.8 Å². The normalized spacial score (nSPS) is 10.8. The van der Waals surface area contributed by atoms with Crippen LogP contribution in [0.15, 0.2) is 76.3 Å². The van der Waals surface area contributed by atoms with Crippen LogP contribution in [0.2, 0.25) is 5.02 Å². The number of hydrogen-bond donors (Lipinski definition) is 1. The molecule has 30 heavy (non-hydrogen) atoms. The summed E-state index contributed by atoms with van der Waals surface area (Å²) in [5.74, 6) is 1.24. The second kappa shape index (κ2) is 10.8. The molecule has 0 spiro atoms. The summed E-state index contributed by atoms with van der Waals surface area (Å²) in [6.07, 6.45) is 1.81. The van der Waals surface area contributed by atoms with E-state index in [0.29, 0.717) is 17.4 Å². The van der Waals surface area contributed by atoms with Crippen molar-refractivity contribution in [3.63, 3.8) is 0 Å². The number of ether oxygens (including phenoxy) is 2. The minimum Gasteiger partial charge on any atom is -0.497 e. The predicted molar refractivity (Wildman–Crippen MR) is 122 cm³/mol. The number of hydrogen-bond acceptors (Lipinski definition) is 4. The number of methoxy groups -OCH3 is 1. The second-order valence-electron chi connectivity index (χ2n) is 6.39. The molecule has 0 saturated carbocycles. The quantitative estimate of drug-likeness (QED) is 0.343. The molecule has 7 heteroatoms. The molecular weight excluding hydrogens is 468 g/mol. The summed E-state index contributed by atoms with van der Waals surface area (Å²) < 4.78 is 11.7. The molecule has 3 aromatic rings. The van der Waals surface area contributed by atoms with Crippen LogP contribution in [0.4, 0.5) is 0 Å². The van der Waals surface area contributed by atoms with Crippen molar-refractivity contribution in [2.24, 2.45) is 5.10 Å². The third-order valence-corrected chi connectivity index (χ3v) is 5.21. The first-order chi connectivity index (χ1) is 14.5. The van der Waals surface area contributed by atoms with Gasteiger partial charge in [-0.05, 0) is 63.5 Å². The molecule has 154 valence electrons. The first kappa shape index (κ1) is 21.9. The average Bonchev–Trinajstić information content (AvgIpc) is 2.75. The van der Waals surface area contributed by atoms with Gasteiger partial charge in [-0.1, -0.05) is 41.9 Å². The highest BCUT2D eigenvalue weighted by atomic mass is 79.9. The van der Waals surface area contributed by atoms with Crippen LogP contribution in [-0.4, -0.2) is 19.2 Å². The molecule has 3 rings (SSSR count). The van der Waals surface area contributed by atoms with Gasteiger partial charge in [-0.25, -0.2) is 5.43 Å². The van der Waals surface area contributed by atoms with Crippen LogP contribution in [0.25, 0.3) is 0 Å². The van der Waals surface area contributed by atoms with E-state index in [1.165, 1.54) is 0 Å². The third-order valence-electron chi connectivity index (χ3n) is 4.22. The van der Waals surface area contributed by atoms with E-state index in [1.807, 2.05) is 66.7 Å². The standard InChI is InChI=1S/C23H20BrClN2O3/c1-29-19-9-6-16(7-10-19)13-23(28)27-26-14-17-8-11-22(20(24)12-17)30-15-18-4-2-3-5-21(18)25/h2-12,14H,13,15H2,1H3,(H,27,28)/b26-14-. The first-order valence-electron chi connectivity index (χ1n) is 9.16. The Kier molecular flexibility index (Phi) is 7.88. The van der Waals surface area contributed by atoms with Crippen LogP contribution in [0.1, 0.15) is 16.7 Å². The highest BCUT2D eigenvalue weighted by Crippen LogP contribution is 2.27. The van der Waals surface area contributed by atoms with E-state index in [2.05, 4.69) is 26.5 Å². The van der Waals surface area contributed by atoms with Crippen LogP contribution in [0.5, 0.6) is 11.5 Å². The molecule has 0 heterocycles. The largest absolute Gasteiger partial charge is 0.497 e. The van der Waals surface area contributed by atoms with E-state index < -0.39 is 0 Å². The summed E-state index contributed by atoms with van der Waals surface area (Å²) in [7, 11) is 1.60. The summed E-state index contributed by atoms with van der Waals surface area (Å²) in [4.78, 5) is 12.0. The van der Waals surface area contributed by atoms with Gasteiger partial charge in [0.1, 0.15) is 18.1 Å². The summed E-state index contributed by atoms with van der Waals surface area (Å²) in [6.45, 7) is 0.368. The number of amides is 1. The molecule has 0 aliphatic carbocycles. The van der Waals surface area contributed by atoms with Gasteiger partial charge in [-0.2, -0.15) is 5.10 Å². The SMILES string of the molecule is COc1ccc(CC(=O)N/N=C\c2ccc(OCc3ccccc3Cl)c(Br)c2)cc1. The Bertz CT molecular complexity index is 1040. The van der Waals surface area contributed by atoms with Gasteiger partial charge in [0.15, 0.2) is 0 Å². The van der Waals surface area contributed by atoms with Gasteiger partial charge in [0.2, 0.25) is 5.91 Å². The summed E-state index contributed by atoms with van der Waals surface area (Å²) >= 11 is 9.65. The summed E-state index contributed by atoms with van der Waals surface area (Å²) in [5.41, 5.74) is 5.14. The van der Waals surface area contributed by atoms with Crippen molar-refractivity contribution in [2.75, 3.05) is 7.11 Å². The zero-order chi connectivity index (χ0) is 21.3. The maximum atomic E-state index is 12.0. The molecule has 1 amide bonds. The van der Waals surface area contributed by atoms with Gasteiger partial charge in [0.25, 0.3) is 0 Å². The van der Waals surface area contributed by atoms with Crippen LogP contribution < -0.4 is 14.9 Å². The fourth-order valence-electron chi connectivity index (χ4n) is 2.63. The number of nitrogens with one attached hydrogen (secondary N) is 1. The van der Waals surface area contributed by atoms with Crippen molar-refractivity contribution in [3.8, 4) is 11.5 Å². The molecule has 0 unspecified atom stereocenters. The minimum absolute atomic E-state index is 0.199. The lowest BCUT2D eigenvalue weighted by atomic mass is 10.1. The van der Waals surface area contributed by atoms with Gasteiger partial charge in [0.05, 0.1) is 24.2 Å². The maximum absolute atomic E-state index is 12.0. The Morgan fingerprint density at radius 2 is 1.90 bits per heavy atom. The Balaban J connectivity index is 1.52. The van der Waals surface area contributed by atoms with E-state index in [1.54, 1.807) is 13.3 Å². The van der Waals surface area contributed by atoms with Crippen molar-refractivity contribution >= 4 is 39.7 Å². The van der Waals surface area contributed by atoms with Crippen LogP contribution in [0.3, 0.4) is 0 Å². The van der Waals surface area contributed by atoms with Gasteiger partial charge in [0, 0.05) is 10.6 Å². The molecule has 0 aliphatic rings. The number of hydrazone groups is 1. The molecule has 3 aromatic carbocycles. The lowest BCUT2D eigenvalue weighted by Gasteiger charge is -2.10. The number of benzene rings is 3. The predicted octanol–water partition coefficient (Wildman–Crippen LogP) is 5.38. The lowest BCUT2D eigenvalue weighted by Crippen LogP contribution is -2.19. The Hall–Kier alpha value is -2.83. The molecule has 0 aliphatic heterocycles. The number of nitrogens with zero attached hydrogens (tertiary/aromatic N) is 1. The molecule has 0 atom stereocenters. The number of halogens is 2. The fraction of sp³-hybridized carbons (Fsp3) is 0.130. The molecule has 1 N–H and O–H groups in total. The van der Waals surface area contributed by atoms with E-state index in [4.69, 9.17) is 21.1 Å². The van der Waals surface area contributed by atoms with Crippen molar-refractivity contribution < 1.29 is 14.3 Å². The topological polar surface area (TPSA) is 59.9 Å². The summed E-state index contributed by atoms with van der Waals surface area (Å²) in [5, 5.41) is 4.69. The highest BCUT2D eigenvalue weighted by Gasteiger charge is 2.05. The monoisotopic (exact) mass is 486 g/mol. The van der Waals surface area contributed by atoms with E-state index in [0.717, 1.165) is 26.9 Å². The van der Waals surface area contributed by atoms with Gasteiger partial charge in [-0.3, -0.25) is 4.79 Å². The molecule has 0 bridgehead atoms. The van der Waals surface area contributed by atoms with Crippen LogP contribution in [0, 0.1) is 0 Å². The molecule has 0 fully saturated rings. The molecule has 5 nitrogen and oxygen atoms in total. The average molecular weight is 488 g/mol. The van der Waals surface area contributed by atoms with Gasteiger partial charge >= 0.3 is 0 Å². The molecule has 0 radical (unpaired) electrons. The Morgan fingerprint density at radius 3 is 2.60 bits per heavy atom. The van der Waals surface area contributed by atoms with Crippen molar-refractivity contribution in [1.82, 2.24) is 5.43 Å². The summed E-state index contributed by atoms with van der Waals surface area (Å²) in [6, 6.07) is 20.4. The minimum atomic E-state index is -0.199. The van der Waals surface area contributed by atoms with E-state index in [9.17, 15) is 4.79 Å². The third kappa shape index (κ3) is 6.34. The van der Waals surface area contributed by atoms with Crippen molar-refractivity contribution in [2.45, 2.75) is 13.0 Å². The second-order valence-corrected chi connectivity index (χ2v) is 7.65. The highest BCUT2D eigenvalue weighted by molar-refractivity contribution is 9.10. The number of carbonyl (C=O) groups excluding carboxylic acids is 1.